The van der Waals surface area contributed by atoms with Gasteiger partial charge in [-0.15, -0.1) is 0 Å². The molecule has 0 bridgehead atoms. The van der Waals surface area contributed by atoms with Crippen LogP contribution in [0.4, 0.5) is 11.6 Å². The minimum atomic E-state index is 0.0211. The lowest BCUT2D eigenvalue weighted by Gasteiger charge is -2.37. The molecule has 0 unspecified atom stereocenters. The van der Waals surface area contributed by atoms with Crippen LogP contribution in [-0.2, 0) is 18.3 Å². The van der Waals surface area contributed by atoms with E-state index in [0.29, 0.717) is 0 Å². The molecular formula is C22H29N7. The number of nitrogens with zero attached hydrogens (tertiary/aromatic N) is 7. The molecule has 4 heterocycles. The van der Waals surface area contributed by atoms with E-state index in [9.17, 15) is 0 Å². The van der Waals surface area contributed by atoms with Gasteiger partial charge in [0.05, 0.1) is 5.69 Å². The number of anilines is 2. The van der Waals surface area contributed by atoms with Crippen molar-refractivity contribution in [3.05, 3.63) is 41.2 Å². The van der Waals surface area contributed by atoms with E-state index in [1.54, 1.807) is 0 Å². The average Bonchev–Trinajstić information content (AvgIpc) is 3.33. The number of aromatic nitrogens is 5. The van der Waals surface area contributed by atoms with Crippen molar-refractivity contribution in [2.24, 2.45) is 0 Å². The average molecular weight is 392 g/mol. The fraction of sp³-hybridized carbons (Fsp3) is 0.545. The Morgan fingerprint density at radius 1 is 0.931 bits per heavy atom. The molecule has 0 atom stereocenters. The van der Waals surface area contributed by atoms with Crippen molar-refractivity contribution in [3.63, 3.8) is 0 Å². The smallest absolute Gasteiger partial charge is 0.154 e. The fourth-order valence-electron chi connectivity index (χ4n) is 4.44. The first-order valence-electron chi connectivity index (χ1n) is 10.6. The zero-order chi connectivity index (χ0) is 20.2. The van der Waals surface area contributed by atoms with Gasteiger partial charge in [0.25, 0.3) is 0 Å². The van der Waals surface area contributed by atoms with Crippen molar-refractivity contribution in [3.8, 4) is 0 Å². The molecule has 5 rings (SSSR count). The Morgan fingerprint density at radius 3 is 2.38 bits per heavy atom. The largest absolute Gasteiger partial charge is 0.353 e. The van der Waals surface area contributed by atoms with Crippen LogP contribution in [-0.4, -0.2) is 50.7 Å². The number of fused-ring (bicyclic) bond motifs is 2. The lowest BCUT2D eigenvalue weighted by molar-refractivity contribution is 0.562. The summed E-state index contributed by atoms with van der Waals surface area (Å²) in [5.74, 6) is 3.08. The third kappa shape index (κ3) is 3.22. The van der Waals surface area contributed by atoms with Crippen LogP contribution in [0.15, 0.2) is 18.5 Å². The third-order valence-electron chi connectivity index (χ3n) is 6.04. The summed E-state index contributed by atoms with van der Waals surface area (Å²) in [6.07, 6.45) is 7.20. The van der Waals surface area contributed by atoms with Crippen LogP contribution in [0.3, 0.4) is 0 Å². The van der Waals surface area contributed by atoms with Crippen molar-refractivity contribution >= 4 is 17.2 Å². The van der Waals surface area contributed by atoms with Crippen LogP contribution in [0.5, 0.6) is 0 Å². The number of hydrogen-bond acceptors (Lipinski definition) is 6. The molecule has 0 spiro atoms. The summed E-state index contributed by atoms with van der Waals surface area (Å²) in [4.78, 5) is 19.0. The second-order valence-electron chi connectivity index (χ2n) is 9.21. The second-order valence-corrected chi connectivity index (χ2v) is 9.21. The van der Waals surface area contributed by atoms with Gasteiger partial charge in [-0.2, -0.15) is 5.10 Å². The SMILES string of the molecule is Cc1nc2c(c(N3CCN(c4nccn5nc(C(C)(C)C)cc45)CC3)n1)CCC2. The normalized spacial score (nSPS) is 17.2. The summed E-state index contributed by atoms with van der Waals surface area (Å²) in [6, 6.07) is 2.19. The van der Waals surface area contributed by atoms with Crippen LogP contribution in [0.2, 0.25) is 0 Å². The number of aryl methyl sites for hydroxylation is 2. The van der Waals surface area contributed by atoms with E-state index in [2.05, 4.69) is 41.6 Å². The van der Waals surface area contributed by atoms with Gasteiger partial charge >= 0.3 is 0 Å². The maximum Gasteiger partial charge on any atom is 0.154 e. The van der Waals surface area contributed by atoms with Crippen LogP contribution < -0.4 is 9.80 Å². The zero-order valence-electron chi connectivity index (χ0n) is 17.8. The van der Waals surface area contributed by atoms with E-state index in [-0.39, 0.29) is 5.41 Å². The fourth-order valence-corrected chi connectivity index (χ4v) is 4.44. The highest BCUT2D eigenvalue weighted by atomic mass is 15.3. The van der Waals surface area contributed by atoms with Crippen molar-refractivity contribution in [2.45, 2.75) is 52.4 Å². The van der Waals surface area contributed by atoms with E-state index < -0.39 is 0 Å². The van der Waals surface area contributed by atoms with E-state index in [0.717, 1.165) is 67.7 Å². The van der Waals surface area contributed by atoms with Gasteiger partial charge in [-0.05, 0) is 32.3 Å². The first-order chi connectivity index (χ1) is 13.9. The van der Waals surface area contributed by atoms with Crippen molar-refractivity contribution < 1.29 is 0 Å². The standard InChI is InChI=1S/C22H29N7/c1-15-24-17-7-5-6-16(17)20(25-15)27-10-12-28(13-11-27)21-18-14-19(22(2,3)4)26-29(18)9-8-23-21/h8-9,14H,5-7,10-13H2,1-4H3. The van der Waals surface area contributed by atoms with Crippen LogP contribution in [0.25, 0.3) is 5.52 Å². The van der Waals surface area contributed by atoms with Gasteiger partial charge in [-0.25, -0.2) is 19.5 Å². The summed E-state index contributed by atoms with van der Waals surface area (Å²) in [5, 5.41) is 4.77. The Hall–Kier alpha value is -2.70. The highest BCUT2D eigenvalue weighted by Gasteiger charge is 2.27. The molecule has 1 aliphatic carbocycles. The molecule has 1 aliphatic heterocycles. The van der Waals surface area contributed by atoms with Crippen molar-refractivity contribution in [1.82, 2.24) is 24.6 Å². The maximum absolute atomic E-state index is 4.81. The molecule has 0 radical (unpaired) electrons. The number of hydrogen-bond donors (Lipinski definition) is 0. The molecule has 7 heteroatoms. The Balaban J connectivity index is 1.40. The van der Waals surface area contributed by atoms with Crippen molar-refractivity contribution in [1.29, 1.82) is 0 Å². The first kappa shape index (κ1) is 18.3. The molecule has 3 aromatic heterocycles. The minimum Gasteiger partial charge on any atom is -0.353 e. The third-order valence-corrected chi connectivity index (χ3v) is 6.04. The summed E-state index contributed by atoms with van der Waals surface area (Å²) < 4.78 is 1.97. The predicted octanol–water partition coefficient (Wildman–Crippen LogP) is 2.94. The quantitative estimate of drug-likeness (QED) is 0.669. The van der Waals surface area contributed by atoms with Crippen LogP contribution >= 0.6 is 0 Å². The highest BCUT2D eigenvalue weighted by molar-refractivity contribution is 5.70. The molecule has 152 valence electrons. The van der Waals surface area contributed by atoms with Gasteiger partial charge in [0, 0.05) is 55.2 Å². The van der Waals surface area contributed by atoms with Gasteiger partial charge < -0.3 is 9.80 Å². The molecule has 0 saturated carbocycles. The summed E-state index contributed by atoms with van der Waals surface area (Å²) in [5.41, 5.74) is 4.83. The number of piperazine rings is 1. The van der Waals surface area contributed by atoms with Crippen LogP contribution in [0.1, 0.15) is 50.0 Å². The lowest BCUT2D eigenvalue weighted by atomic mass is 9.92. The molecule has 3 aromatic rings. The second kappa shape index (κ2) is 6.68. The summed E-state index contributed by atoms with van der Waals surface area (Å²) >= 11 is 0. The molecule has 2 aliphatic rings. The predicted molar refractivity (Wildman–Crippen MR) is 115 cm³/mol. The Labute approximate surface area is 171 Å². The molecule has 0 N–H and O–H groups in total. The van der Waals surface area contributed by atoms with E-state index in [1.165, 1.54) is 17.7 Å². The molecule has 1 fully saturated rings. The maximum atomic E-state index is 4.81. The molecular weight excluding hydrogens is 362 g/mol. The minimum absolute atomic E-state index is 0.0211. The summed E-state index contributed by atoms with van der Waals surface area (Å²) in [6.45, 7) is 12.4. The van der Waals surface area contributed by atoms with E-state index in [4.69, 9.17) is 15.1 Å². The van der Waals surface area contributed by atoms with Gasteiger partial charge in [0.15, 0.2) is 5.82 Å². The van der Waals surface area contributed by atoms with Gasteiger partial charge in [0.2, 0.25) is 0 Å². The molecule has 1 saturated heterocycles. The van der Waals surface area contributed by atoms with Crippen LogP contribution in [0, 0.1) is 6.92 Å². The number of rotatable bonds is 2. The van der Waals surface area contributed by atoms with Crippen molar-refractivity contribution in [2.75, 3.05) is 36.0 Å². The molecule has 29 heavy (non-hydrogen) atoms. The van der Waals surface area contributed by atoms with Gasteiger partial charge in [-0.1, -0.05) is 20.8 Å². The Kier molecular flexibility index (Phi) is 4.22. The Morgan fingerprint density at radius 2 is 1.66 bits per heavy atom. The Bertz CT molecular complexity index is 1050. The zero-order valence-corrected chi connectivity index (χ0v) is 17.8. The van der Waals surface area contributed by atoms with E-state index in [1.807, 2.05) is 23.8 Å². The molecule has 0 amide bonds. The van der Waals surface area contributed by atoms with E-state index >= 15 is 0 Å². The van der Waals surface area contributed by atoms with Gasteiger partial charge in [-0.3, -0.25) is 0 Å². The summed E-state index contributed by atoms with van der Waals surface area (Å²) in [7, 11) is 0. The molecule has 0 aromatic carbocycles. The van der Waals surface area contributed by atoms with Gasteiger partial charge in [0.1, 0.15) is 17.2 Å². The first-order valence-corrected chi connectivity index (χ1v) is 10.6. The monoisotopic (exact) mass is 391 g/mol. The highest BCUT2D eigenvalue weighted by Crippen LogP contribution is 2.31. The lowest BCUT2D eigenvalue weighted by Crippen LogP contribution is -2.47. The molecule has 7 nitrogen and oxygen atoms in total. The topological polar surface area (TPSA) is 62.5 Å².